The lowest BCUT2D eigenvalue weighted by atomic mass is 9.95. The number of carbonyl (C=O) groups excluding carboxylic acids is 2. The molecule has 1 heterocycles. The molecular formula is C17H20N2O4. The number of benzene rings is 1. The second-order valence-electron chi connectivity index (χ2n) is 6.07. The molecular weight excluding hydrogens is 296 g/mol. The van der Waals surface area contributed by atoms with E-state index in [0.29, 0.717) is 28.9 Å². The number of primary amides is 1. The number of hydrogen-bond donors (Lipinski definition) is 2. The van der Waals surface area contributed by atoms with Crippen molar-refractivity contribution in [3.63, 3.8) is 0 Å². The Labute approximate surface area is 133 Å². The first kappa shape index (κ1) is 16.9. The van der Waals surface area contributed by atoms with Crippen molar-refractivity contribution in [1.29, 1.82) is 0 Å². The number of carbonyl (C=O) groups is 2. The van der Waals surface area contributed by atoms with Gasteiger partial charge in [0.25, 0.3) is 5.91 Å². The van der Waals surface area contributed by atoms with Gasteiger partial charge in [0.1, 0.15) is 11.1 Å². The fourth-order valence-electron chi connectivity index (χ4n) is 2.62. The third-order valence-corrected chi connectivity index (χ3v) is 3.76. The van der Waals surface area contributed by atoms with Crippen LogP contribution >= 0.6 is 0 Å². The molecule has 2 rings (SSSR count). The van der Waals surface area contributed by atoms with Gasteiger partial charge in [-0.1, -0.05) is 26.0 Å². The van der Waals surface area contributed by atoms with E-state index in [0.717, 1.165) is 0 Å². The average Bonchev–Trinajstić information content (AvgIpc) is 2.44. The topological polar surface area (TPSA) is 116 Å². The van der Waals surface area contributed by atoms with Gasteiger partial charge < -0.3 is 15.9 Å². The van der Waals surface area contributed by atoms with Gasteiger partial charge in [0, 0.05) is 10.9 Å². The molecule has 1 atom stereocenters. The zero-order valence-corrected chi connectivity index (χ0v) is 13.4. The Hall–Kier alpha value is -2.47. The molecule has 0 aliphatic carbocycles. The number of ketones is 1. The van der Waals surface area contributed by atoms with Gasteiger partial charge in [0.15, 0.2) is 5.78 Å². The smallest absolute Gasteiger partial charge is 0.349 e. The molecule has 0 unspecified atom stereocenters. The minimum Gasteiger partial charge on any atom is -0.422 e. The maximum atomic E-state index is 12.3. The van der Waals surface area contributed by atoms with Crippen LogP contribution in [0.15, 0.2) is 27.4 Å². The standard InChI is InChI=1S/C17H20N2O4/c1-8(2)6-12(18)15(20)10-4-5-11-9(3)14(16(19)21)17(22)23-13(11)7-10/h4-5,7-8,12H,6,18H2,1-3H3,(H2,19,21)/t12-/m0/s1. The van der Waals surface area contributed by atoms with E-state index in [9.17, 15) is 14.4 Å². The van der Waals surface area contributed by atoms with Crippen molar-refractivity contribution in [2.75, 3.05) is 0 Å². The summed E-state index contributed by atoms with van der Waals surface area (Å²) in [7, 11) is 0. The molecule has 0 fully saturated rings. The minimum atomic E-state index is -0.836. The molecule has 0 radical (unpaired) electrons. The summed E-state index contributed by atoms with van der Waals surface area (Å²) in [4.78, 5) is 35.6. The van der Waals surface area contributed by atoms with Crippen LogP contribution in [0.4, 0.5) is 0 Å². The van der Waals surface area contributed by atoms with Crippen LogP contribution in [0.25, 0.3) is 11.0 Å². The van der Waals surface area contributed by atoms with Crippen molar-refractivity contribution >= 4 is 22.7 Å². The van der Waals surface area contributed by atoms with Crippen molar-refractivity contribution < 1.29 is 14.0 Å². The first-order chi connectivity index (χ1) is 10.7. The number of fused-ring (bicyclic) bond motifs is 1. The summed E-state index contributed by atoms with van der Waals surface area (Å²) in [5.41, 5.74) is 11.2. The Balaban J connectivity index is 2.52. The summed E-state index contributed by atoms with van der Waals surface area (Å²) in [5, 5.41) is 0.562. The van der Waals surface area contributed by atoms with Crippen LogP contribution in [0.3, 0.4) is 0 Å². The molecule has 1 amide bonds. The SMILES string of the molecule is Cc1c(C(N)=O)c(=O)oc2cc(C(=O)[C@@H](N)CC(C)C)ccc12. The van der Waals surface area contributed by atoms with Crippen molar-refractivity contribution in [2.45, 2.75) is 33.2 Å². The molecule has 2 aromatic rings. The Kier molecular flexibility index (Phi) is 4.65. The predicted octanol–water partition coefficient (Wildman–Crippen LogP) is 1.76. The monoisotopic (exact) mass is 316 g/mol. The van der Waals surface area contributed by atoms with Crippen LogP contribution in [-0.4, -0.2) is 17.7 Å². The Morgan fingerprint density at radius 1 is 1.26 bits per heavy atom. The summed E-state index contributed by atoms with van der Waals surface area (Å²) >= 11 is 0. The Morgan fingerprint density at radius 3 is 2.48 bits per heavy atom. The van der Waals surface area contributed by atoms with E-state index in [4.69, 9.17) is 15.9 Å². The van der Waals surface area contributed by atoms with Gasteiger partial charge in [-0.3, -0.25) is 9.59 Å². The normalized spacial score (nSPS) is 12.6. The summed E-state index contributed by atoms with van der Waals surface area (Å²) in [6, 6.07) is 4.12. The largest absolute Gasteiger partial charge is 0.422 e. The zero-order chi connectivity index (χ0) is 17.3. The van der Waals surface area contributed by atoms with Gasteiger partial charge >= 0.3 is 5.63 Å². The van der Waals surface area contributed by atoms with E-state index in [2.05, 4.69) is 0 Å². The van der Waals surface area contributed by atoms with Crippen molar-refractivity contribution in [3.05, 3.63) is 45.3 Å². The Bertz CT molecular complexity index is 836. The molecule has 122 valence electrons. The van der Waals surface area contributed by atoms with Gasteiger partial charge in [0.05, 0.1) is 6.04 Å². The van der Waals surface area contributed by atoms with Gasteiger partial charge in [0.2, 0.25) is 0 Å². The molecule has 0 spiro atoms. The fraction of sp³-hybridized carbons (Fsp3) is 0.353. The fourth-order valence-corrected chi connectivity index (χ4v) is 2.62. The molecule has 0 aliphatic heterocycles. The summed E-state index contributed by atoms with van der Waals surface area (Å²) in [6.07, 6.45) is 0.570. The third kappa shape index (κ3) is 3.32. The van der Waals surface area contributed by atoms with Gasteiger partial charge in [-0.2, -0.15) is 0 Å². The van der Waals surface area contributed by atoms with Gasteiger partial charge in [-0.25, -0.2) is 4.79 Å². The minimum absolute atomic E-state index is 0.173. The lowest BCUT2D eigenvalue weighted by molar-refractivity contribution is 0.0949. The first-order valence-electron chi connectivity index (χ1n) is 7.39. The van der Waals surface area contributed by atoms with Crippen LogP contribution in [-0.2, 0) is 0 Å². The maximum Gasteiger partial charge on any atom is 0.349 e. The zero-order valence-electron chi connectivity index (χ0n) is 13.4. The molecule has 6 nitrogen and oxygen atoms in total. The second kappa shape index (κ2) is 6.34. The highest BCUT2D eigenvalue weighted by molar-refractivity contribution is 6.03. The molecule has 1 aromatic heterocycles. The van der Waals surface area contributed by atoms with Crippen LogP contribution in [0.1, 0.15) is 46.5 Å². The van der Waals surface area contributed by atoms with Crippen molar-refractivity contribution in [2.24, 2.45) is 17.4 Å². The van der Waals surface area contributed by atoms with E-state index < -0.39 is 17.6 Å². The average molecular weight is 316 g/mol. The highest BCUT2D eigenvalue weighted by Gasteiger charge is 2.20. The van der Waals surface area contributed by atoms with E-state index >= 15 is 0 Å². The van der Waals surface area contributed by atoms with E-state index in [1.165, 1.54) is 6.07 Å². The Morgan fingerprint density at radius 2 is 1.91 bits per heavy atom. The number of hydrogen-bond acceptors (Lipinski definition) is 5. The molecule has 6 heteroatoms. The summed E-state index contributed by atoms with van der Waals surface area (Å²) < 4.78 is 5.14. The van der Waals surface area contributed by atoms with Crippen LogP contribution < -0.4 is 17.1 Å². The third-order valence-electron chi connectivity index (χ3n) is 3.76. The summed E-state index contributed by atoms with van der Waals surface area (Å²) in [6.45, 7) is 5.59. The molecule has 1 aromatic carbocycles. The summed E-state index contributed by atoms with van der Waals surface area (Å²) in [5.74, 6) is -0.746. The number of amides is 1. The van der Waals surface area contributed by atoms with Gasteiger partial charge in [-0.15, -0.1) is 0 Å². The van der Waals surface area contributed by atoms with Gasteiger partial charge in [-0.05, 0) is 30.9 Å². The number of rotatable bonds is 5. The predicted molar refractivity (Wildman–Crippen MR) is 87.5 cm³/mol. The van der Waals surface area contributed by atoms with Crippen LogP contribution in [0.2, 0.25) is 0 Å². The molecule has 0 bridgehead atoms. The van der Waals surface area contributed by atoms with Crippen molar-refractivity contribution in [3.8, 4) is 0 Å². The quantitative estimate of drug-likeness (QED) is 0.644. The molecule has 23 heavy (non-hydrogen) atoms. The second-order valence-corrected chi connectivity index (χ2v) is 6.07. The maximum absolute atomic E-state index is 12.3. The van der Waals surface area contributed by atoms with Crippen molar-refractivity contribution in [1.82, 2.24) is 0 Å². The number of Topliss-reactive ketones (excluding diaryl/α,β-unsaturated/α-hetero) is 1. The number of aryl methyl sites for hydroxylation is 1. The van der Waals surface area contributed by atoms with E-state index in [-0.39, 0.29) is 16.9 Å². The lowest BCUT2D eigenvalue weighted by Gasteiger charge is -2.13. The number of nitrogens with two attached hydrogens (primary N) is 2. The lowest BCUT2D eigenvalue weighted by Crippen LogP contribution is -2.31. The highest BCUT2D eigenvalue weighted by atomic mass is 16.4. The molecule has 0 aliphatic rings. The highest BCUT2D eigenvalue weighted by Crippen LogP contribution is 2.21. The van der Waals surface area contributed by atoms with Crippen LogP contribution in [0.5, 0.6) is 0 Å². The molecule has 4 N–H and O–H groups in total. The van der Waals surface area contributed by atoms with Crippen LogP contribution in [0, 0.1) is 12.8 Å². The van der Waals surface area contributed by atoms with E-state index in [1.54, 1.807) is 19.1 Å². The first-order valence-corrected chi connectivity index (χ1v) is 7.39. The molecule has 0 saturated carbocycles. The van der Waals surface area contributed by atoms with E-state index in [1.807, 2.05) is 13.8 Å². The molecule has 0 saturated heterocycles.